The van der Waals surface area contributed by atoms with Crippen LogP contribution in [0.2, 0.25) is 0 Å². The molecule has 1 heterocycles. The average Bonchev–Trinajstić information content (AvgIpc) is 2.50. The zero-order valence-corrected chi connectivity index (χ0v) is 10.5. The van der Waals surface area contributed by atoms with E-state index in [1.54, 1.807) is 0 Å². The van der Waals surface area contributed by atoms with Crippen molar-refractivity contribution < 1.29 is 0 Å². The third kappa shape index (κ3) is 2.78. The molecule has 1 aromatic rings. The van der Waals surface area contributed by atoms with Crippen LogP contribution < -0.4 is 10.2 Å². The summed E-state index contributed by atoms with van der Waals surface area (Å²) in [6, 6.07) is 11.2. The Kier molecular flexibility index (Phi) is 3.65. The maximum absolute atomic E-state index is 8.96. The van der Waals surface area contributed by atoms with Crippen molar-refractivity contribution >= 4 is 5.69 Å². The van der Waals surface area contributed by atoms with Crippen molar-refractivity contribution in [1.82, 2.24) is 5.32 Å². The van der Waals surface area contributed by atoms with Gasteiger partial charge in [0, 0.05) is 31.4 Å². The van der Waals surface area contributed by atoms with Crippen molar-refractivity contribution in [3.05, 3.63) is 29.8 Å². The normalized spacial score (nSPS) is 21.2. The number of nitrogens with zero attached hydrogens (tertiary/aromatic N) is 2. The fourth-order valence-electron chi connectivity index (χ4n) is 2.29. The predicted octanol–water partition coefficient (Wildman–Crippen LogP) is 2.14. The molecular formula is C14H19N3. The summed E-state index contributed by atoms with van der Waals surface area (Å²) in [7, 11) is 0. The van der Waals surface area contributed by atoms with Gasteiger partial charge in [0.05, 0.1) is 12.0 Å². The summed E-state index contributed by atoms with van der Waals surface area (Å²) in [4.78, 5) is 2.33. The molecule has 3 heteroatoms. The highest BCUT2D eigenvalue weighted by molar-refractivity contribution is 5.54. The number of hydrogen-bond acceptors (Lipinski definition) is 3. The quantitative estimate of drug-likeness (QED) is 0.844. The highest BCUT2D eigenvalue weighted by Gasteiger charge is 2.19. The lowest BCUT2D eigenvalue weighted by Gasteiger charge is -2.27. The van der Waals surface area contributed by atoms with Crippen LogP contribution in [0.25, 0.3) is 0 Å². The second-order valence-corrected chi connectivity index (χ2v) is 4.85. The van der Waals surface area contributed by atoms with Crippen LogP contribution >= 0.6 is 0 Å². The monoisotopic (exact) mass is 229 g/mol. The van der Waals surface area contributed by atoms with Crippen LogP contribution in [0.15, 0.2) is 24.3 Å². The third-order valence-corrected chi connectivity index (χ3v) is 3.18. The van der Waals surface area contributed by atoms with Gasteiger partial charge in [0.2, 0.25) is 0 Å². The number of hydrogen-bond donors (Lipinski definition) is 1. The van der Waals surface area contributed by atoms with Crippen LogP contribution in [-0.2, 0) is 6.54 Å². The molecule has 0 saturated heterocycles. The van der Waals surface area contributed by atoms with Crippen molar-refractivity contribution in [2.75, 3.05) is 18.0 Å². The molecule has 0 spiro atoms. The van der Waals surface area contributed by atoms with E-state index < -0.39 is 0 Å². The van der Waals surface area contributed by atoms with E-state index in [-0.39, 0.29) is 5.92 Å². The topological polar surface area (TPSA) is 39.1 Å². The van der Waals surface area contributed by atoms with Gasteiger partial charge < -0.3 is 10.2 Å². The van der Waals surface area contributed by atoms with E-state index in [1.165, 1.54) is 11.3 Å². The van der Waals surface area contributed by atoms with E-state index in [9.17, 15) is 0 Å². The van der Waals surface area contributed by atoms with Crippen LogP contribution in [0.3, 0.4) is 0 Å². The molecule has 0 fully saturated rings. The Labute approximate surface area is 103 Å². The number of benzene rings is 1. The van der Waals surface area contributed by atoms with Crippen LogP contribution in [-0.4, -0.2) is 19.1 Å². The molecule has 0 radical (unpaired) electrons. The van der Waals surface area contributed by atoms with Crippen LogP contribution in [0.1, 0.15) is 19.4 Å². The number of para-hydroxylation sites is 1. The smallest absolute Gasteiger partial charge is 0.0671 e. The Bertz CT molecular complexity index is 422. The summed E-state index contributed by atoms with van der Waals surface area (Å²) in [5.74, 6) is 0.0633. The van der Waals surface area contributed by atoms with Gasteiger partial charge in [-0.3, -0.25) is 0 Å². The molecule has 0 saturated carbocycles. The molecule has 0 amide bonds. The molecule has 1 aromatic carbocycles. The van der Waals surface area contributed by atoms with E-state index in [1.807, 2.05) is 6.92 Å². The molecule has 3 nitrogen and oxygen atoms in total. The van der Waals surface area contributed by atoms with Gasteiger partial charge in [-0.05, 0) is 25.5 Å². The largest absolute Gasteiger partial charge is 0.368 e. The van der Waals surface area contributed by atoms with Gasteiger partial charge in [-0.2, -0.15) is 5.26 Å². The average molecular weight is 229 g/mol. The van der Waals surface area contributed by atoms with Gasteiger partial charge in [0.25, 0.3) is 0 Å². The minimum absolute atomic E-state index is 0.0633. The first-order valence-electron chi connectivity index (χ1n) is 6.16. The minimum atomic E-state index is 0.0633. The SMILES string of the molecule is CC(C#N)CN1CC(C)NCc2ccccc21. The third-order valence-electron chi connectivity index (χ3n) is 3.18. The van der Waals surface area contributed by atoms with Crippen molar-refractivity contribution in [3.63, 3.8) is 0 Å². The molecule has 1 aliphatic rings. The van der Waals surface area contributed by atoms with Gasteiger partial charge in [-0.25, -0.2) is 0 Å². The molecule has 90 valence electrons. The number of rotatable bonds is 2. The summed E-state index contributed by atoms with van der Waals surface area (Å²) >= 11 is 0. The van der Waals surface area contributed by atoms with E-state index in [4.69, 9.17) is 5.26 Å². The standard InChI is InChI=1S/C14H19N3/c1-11(7-15)9-17-10-12(2)16-8-13-5-3-4-6-14(13)17/h3-6,11-12,16H,8-10H2,1-2H3. The Hall–Kier alpha value is -1.53. The van der Waals surface area contributed by atoms with Gasteiger partial charge >= 0.3 is 0 Å². The molecule has 2 unspecified atom stereocenters. The fraction of sp³-hybridized carbons (Fsp3) is 0.500. The number of nitriles is 1. The predicted molar refractivity (Wildman–Crippen MR) is 69.7 cm³/mol. The first kappa shape index (κ1) is 11.9. The maximum atomic E-state index is 8.96. The summed E-state index contributed by atoms with van der Waals surface area (Å²) in [6.45, 7) is 6.85. The Balaban J connectivity index is 2.26. The molecule has 0 aromatic heterocycles. The zero-order valence-electron chi connectivity index (χ0n) is 10.5. The van der Waals surface area contributed by atoms with E-state index >= 15 is 0 Å². The highest BCUT2D eigenvalue weighted by Crippen LogP contribution is 2.24. The van der Waals surface area contributed by atoms with Gasteiger partial charge in [0.1, 0.15) is 0 Å². The van der Waals surface area contributed by atoms with Crippen LogP contribution in [0.5, 0.6) is 0 Å². The molecule has 2 atom stereocenters. The van der Waals surface area contributed by atoms with Gasteiger partial charge in [0.15, 0.2) is 0 Å². The number of nitrogens with one attached hydrogen (secondary N) is 1. The summed E-state index contributed by atoms with van der Waals surface area (Å²) in [5, 5.41) is 12.5. The lowest BCUT2D eigenvalue weighted by atomic mass is 10.1. The fourth-order valence-corrected chi connectivity index (χ4v) is 2.29. The number of fused-ring (bicyclic) bond motifs is 1. The van der Waals surface area contributed by atoms with Crippen molar-refractivity contribution in [2.45, 2.75) is 26.4 Å². The lowest BCUT2D eigenvalue weighted by Crippen LogP contribution is -2.38. The minimum Gasteiger partial charge on any atom is -0.368 e. The highest BCUT2D eigenvalue weighted by atomic mass is 15.2. The Morgan fingerprint density at radius 2 is 2.29 bits per heavy atom. The van der Waals surface area contributed by atoms with E-state index in [0.29, 0.717) is 6.04 Å². The van der Waals surface area contributed by atoms with Crippen LogP contribution in [0, 0.1) is 17.2 Å². The number of anilines is 1. The summed E-state index contributed by atoms with van der Waals surface area (Å²) in [6.07, 6.45) is 0. The maximum Gasteiger partial charge on any atom is 0.0671 e. The Morgan fingerprint density at radius 3 is 3.06 bits per heavy atom. The zero-order chi connectivity index (χ0) is 12.3. The summed E-state index contributed by atoms with van der Waals surface area (Å²) in [5.41, 5.74) is 2.59. The van der Waals surface area contributed by atoms with Crippen LogP contribution in [0.4, 0.5) is 5.69 Å². The van der Waals surface area contributed by atoms with E-state index in [2.05, 4.69) is 47.5 Å². The molecule has 0 bridgehead atoms. The molecule has 2 rings (SSSR count). The lowest BCUT2D eigenvalue weighted by molar-refractivity contribution is 0.542. The van der Waals surface area contributed by atoms with Crippen molar-refractivity contribution in [1.29, 1.82) is 5.26 Å². The molecule has 17 heavy (non-hydrogen) atoms. The van der Waals surface area contributed by atoms with Crippen molar-refractivity contribution in [2.24, 2.45) is 5.92 Å². The second-order valence-electron chi connectivity index (χ2n) is 4.85. The molecule has 1 aliphatic heterocycles. The Morgan fingerprint density at radius 1 is 1.53 bits per heavy atom. The second kappa shape index (κ2) is 5.20. The molecule has 0 aliphatic carbocycles. The van der Waals surface area contributed by atoms with Gasteiger partial charge in [-0.1, -0.05) is 18.2 Å². The van der Waals surface area contributed by atoms with E-state index in [0.717, 1.165) is 19.6 Å². The first-order valence-corrected chi connectivity index (χ1v) is 6.16. The molecular weight excluding hydrogens is 210 g/mol. The van der Waals surface area contributed by atoms with Gasteiger partial charge in [-0.15, -0.1) is 0 Å². The summed E-state index contributed by atoms with van der Waals surface area (Å²) < 4.78 is 0. The molecule has 1 N–H and O–H groups in total. The van der Waals surface area contributed by atoms with Crippen molar-refractivity contribution in [3.8, 4) is 6.07 Å². The first-order chi connectivity index (χ1) is 8.20.